The summed E-state index contributed by atoms with van der Waals surface area (Å²) in [6.45, 7) is 6.78. The Bertz CT molecular complexity index is 592. The van der Waals surface area contributed by atoms with Crippen molar-refractivity contribution in [2.75, 3.05) is 0 Å². The van der Waals surface area contributed by atoms with Crippen molar-refractivity contribution in [3.05, 3.63) is 70.8 Å². The lowest BCUT2D eigenvalue weighted by Gasteiger charge is -2.31. The van der Waals surface area contributed by atoms with E-state index in [9.17, 15) is 9.59 Å². The normalized spacial score (nSPS) is 11.5. The second-order valence-electron chi connectivity index (χ2n) is 7.19. The molecule has 0 aliphatic rings. The van der Waals surface area contributed by atoms with Gasteiger partial charge in [-0.05, 0) is 35.3 Å². The van der Waals surface area contributed by atoms with Gasteiger partial charge in [0.15, 0.2) is 0 Å². The van der Waals surface area contributed by atoms with Crippen molar-refractivity contribution in [3.8, 4) is 0 Å². The van der Waals surface area contributed by atoms with Crippen LogP contribution in [-0.2, 0) is 12.8 Å². The Hall–Kier alpha value is -2.22. The number of carbonyl (C=O) groups excluding carboxylic acids is 2. The molecule has 0 radical (unpaired) electrons. The standard InChI is InChI=1S/C21H24O2/c1-21(2,3)20(12-16-4-8-18(14-22)9-5-16)13-17-6-10-19(15-23)11-7-17/h4-11,14-15,20H,12-13H2,1-3H3. The molecular weight excluding hydrogens is 284 g/mol. The van der Waals surface area contributed by atoms with E-state index in [-0.39, 0.29) is 5.41 Å². The van der Waals surface area contributed by atoms with Crippen LogP contribution in [0.15, 0.2) is 48.5 Å². The van der Waals surface area contributed by atoms with Crippen LogP contribution in [0.1, 0.15) is 52.6 Å². The highest BCUT2D eigenvalue weighted by molar-refractivity contribution is 5.75. The van der Waals surface area contributed by atoms with Crippen molar-refractivity contribution >= 4 is 12.6 Å². The first-order valence-electron chi connectivity index (χ1n) is 8.00. The SMILES string of the molecule is CC(C)(C)C(Cc1ccc(C=O)cc1)Cc1ccc(C=O)cc1. The zero-order valence-electron chi connectivity index (χ0n) is 14.1. The molecular formula is C21H24O2. The molecule has 0 amide bonds. The first-order valence-corrected chi connectivity index (χ1v) is 8.00. The fraction of sp³-hybridized carbons (Fsp3) is 0.333. The summed E-state index contributed by atoms with van der Waals surface area (Å²) in [7, 11) is 0. The second-order valence-corrected chi connectivity index (χ2v) is 7.19. The molecule has 0 N–H and O–H groups in total. The lowest BCUT2D eigenvalue weighted by atomic mass is 9.74. The maximum Gasteiger partial charge on any atom is 0.150 e. The third kappa shape index (κ3) is 4.88. The molecule has 23 heavy (non-hydrogen) atoms. The molecule has 0 saturated carbocycles. The highest BCUT2D eigenvalue weighted by Gasteiger charge is 2.25. The minimum absolute atomic E-state index is 0.173. The molecule has 120 valence electrons. The van der Waals surface area contributed by atoms with E-state index in [2.05, 4.69) is 20.8 Å². The van der Waals surface area contributed by atoms with Crippen molar-refractivity contribution in [1.82, 2.24) is 0 Å². The maximum absolute atomic E-state index is 10.8. The Balaban J connectivity index is 2.15. The van der Waals surface area contributed by atoms with E-state index in [0.717, 1.165) is 25.4 Å². The van der Waals surface area contributed by atoms with Gasteiger partial charge < -0.3 is 0 Å². The van der Waals surface area contributed by atoms with E-state index in [4.69, 9.17) is 0 Å². The van der Waals surface area contributed by atoms with Crippen molar-refractivity contribution in [2.24, 2.45) is 11.3 Å². The van der Waals surface area contributed by atoms with Crippen LogP contribution in [0.25, 0.3) is 0 Å². The van der Waals surface area contributed by atoms with Crippen LogP contribution in [-0.4, -0.2) is 12.6 Å². The number of hydrogen-bond donors (Lipinski definition) is 0. The monoisotopic (exact) mass is 308 g/mol. The predicted octanol–water partition coefficient (Wildman–Crippen LogP) is 4.76. The molecule has 0 fully saturated rings. The smallest absolute Gasteiger partial charge is 0.150 e. The van der Waals surface area contributed by atoms with Gasteiger partial charge >= 0.3 is 0 Å². The highest BCUT2D eigenvalue weighted by Crippen LogP contribution is 2.32. The van der Waals surface area contributed by atoms with Gasteiger partial charge in [0.25, 0.3) is 0 Å². The molecule has 0 unspecified atom stereocenters. The van der Waals surface area contributed by atoms with E-state index in [1.165, 1.54) is 11.1 Å². The summed E-state index contributed by atoms with van der Waals surface area (Å²) >= 11 is 0. The predicted molar refractivity (Wildman–Crippen MR) is 94.0 cm³/mol. The van der Waals surface area contributed by atoms with Gasteiger partial charge in [-0.2, -0.15) is 0 Å². The molecule has 0 heterocycles. The molecule has 0 spiro atoms. The van der Waals surface area contributed by atoms with Gasteiger partial charge in [-0.3, -0.25) is 9.59 Å². The van der Waals surface area contributed by atoms with E-state index < -0.39 is 0 Å². The number of carbonyl (C=O) groups is 2. The van der Waals surface area contributed by atoms with Gasteiger partial charge in [-0.25, -0.2) is 0 Å². The summed E-state index contributed by atoms with van der Waals surface area (Å²) in [5, 5.41) is 0. The van der Waals surface area contributed by atoms with E-state index in [1.807, 2.05) is 48.5 Å². The van der Waals surface area contributed by atoms with Crippen molar-refractivity contribution < 1.29 is 9.59 Å². The van der Waals surface area contributed by atoms with Crippen LogP contribution in [0.4, 0.5) is 0 Å². The molecule has 0 aliphatic heterocycles. The molecule has 2 aromatic rings. The third-order valence-corrected chi connectivity index (χ3v) is 4.42. The van der Waals surface area contributed by atoms with Crippen LogP contribution < -0.4 is 0 Å². The summed E-state index contributed by atoms with van der Waals surface area (Å²) in [4.78, 5) is 21.5. The zero-order chi connectivity index (χ0) is 16.9. The van der Waals surface area contributed by atoms with Gasteiger partial charge in [0.2, 0.25) is 0 Å². The molecule has 2 rings (SSSR count). The van der Waals surface area contributed by atoms with Crippen LogP contribution >= 0.6 is 0 Å². The van der Waals surface area contributed by atoms with E-state index in [1.54, 1.807) is 0 Å². The average molecular weight is 308 g/mol. The molecule has 2 nitrogen and oxygen atoms in total. The minimum Gasteiger partial charge on any atom is -0.298 e. The number of benzene rings is 2. The molecule has 0 aliphatic carbocycles. The topological polar surface area (TPSA) is 34.1 Å². The van der Waals surface area contributed by atoms with Crippen molar-refractivity contribution in [3.63, 3.8) is 0 Å². The fourth-order valence-corrected chi connectivity index (χ4v) is 2.72. The summed E-state index contributed by atoms with van der Waals surface area (Å²) in [6.07, 6.45) is 3.69. The lowest BCUT2D eigenvalue weighted by Crippen LogP contribution is -2.25. The Morgan fingerprint density at radius 2 is 1.09 bits per heavy atom. The number of hydrogen-bond acceptors (Lipinski definition) is 2. The Morgan fingerprint density at radius 1 is 0.739 bits per heavy atom. The van der Waals surface area contributed by atoms with E-state index >= 15 is 0 Å². The zero-order valence-corrected chi connectivity index (χ0v) is 14.1. The van der Waals surface area contributed by atoms with Crippen LogP contribution in [0, 0.1) is 11.3 Å². The second kappa shape index (κ2) is 7.36. The molecule has 0 saturated heterocycles. The van der Waals surface area contributed by atoms with E-state index in [0.29, 0.717) is 17.0 Å². The van der Waals surface area contributed by atoms with Gasteiger partial charge in [0, 0.05) is 11.1 Å². The largest absolute Gasteiger partial charge is 0.298 e. The van der Waals surface area contributed by atoms with Gasteiger partial charge in [-0.1, -0.05) is 69.3 Å². The van der Waals surface area contributed by atoms with Gasteiger partial charge in [0.1, 0.15) is 12.6 Å². The highest BCUT2D eigenvalue weighted by atomic mass is 16.1. The minimum atomic E-state index is 0.173. The average Bonchev–Trinajstić information content (AvgIpc) is 2.54. The van der Waals surface area contributed by atoms with Crippen LogP contribution in [0.3, 0.4) is 0 Å². The molecule has 0 bridgehead atoms. The van der Waals surface area contributed by atoms with Gasteiger partial charge in [-0.15, -0.1) is 0 Å². The summed E-state index contributed by atoms with van der Waals surface area (Å²) in [5.41, 5.74) is 4.10. The quantitative estimate of drug-likeness (QED) is 0.721. The molecule has 2 aromatic carbocycles. The van der Waals surface area contributed by atoms with Crippen LogP contribution in [0.2, 0.25) is 0 Å². The summed E-state index contributed by atoms with van der Waals surface area (Å²) < 4.78 is 0. The van der Waals surface area contributed by atoms with Crippen molar-refractivity contribution in [2.45, 2.75) is 33.6 Å². The summed E-state index contributed by atoms with van der Waals surface area (Å²) in [5.74, 6) is 0.478. The summed E-state index contributed by atoms with van der Waals surface area (Å²) in [6, 6.07) is 15.7. The number of aldehydes is 2. The Morgan fingerprint density at radius 3 is 1.35 bits per heavy atom. The molecule has 0 aromatic heterocycles. The van der Waals surface area contributed by atoms with Gasteiger partial charge in [0.05, 0.1) is 0 Å². The van der Waals surface area contributed by atoms with Crippen molar-refractivity contribution in [1.29, 1.82) is 0 Å². The number of rotatable bonds is 6. The maximum atomic E-state index is 10.8. The third-order valence-electron chi connectivity index (χ3n) is 4.42. The molecule has 2 heteroatoms. The van der Waals surface area contributed by atoms with Crippen LogP contribution in [0.5, 0.6) is 0 Å². The first kappa shape index (κ1) is 17.1. The lowest BCUT2D eigenvalue weighted by molar-refractivity contribution is 0.111. The fourth-order valence-electron chi connectivity index (χ4n) is 2.72. The first-order chi connectivity index (χ1) is 10.9. The Kier molecular flexibility index (Phi) is 5.49. The Labute approximate surface area is 138 Å². The molecule has 0 atom stereocenters.